The Kier molecular flexibility index (Phi) is 4.96. The molecule has 176 valence electrons. The topological polar surface area (TPSA) is 98.4 Å². The summed E-state index contributed by atoms with van der Waals surface area (Å²) in [6.45, 7) is 2.11. The Balaban J connectivity index is 1.18. The second-order valence-corrected chi connectivity index (χ2v) is 9.86. The number of thiazole rings is 1. The minimum Gasteiger partial charge on any atom is -0.360 e. The maximum Gasteiger partial charge on any atom is 0.257 e. The van der Waals surface area contributed by atoms with E-state index in [0.29, 0.717) is 29.2 Å². The number of nitrogens with one attached hydrogen (secondary N) is 2. The summed E-state index contributed by atoms with van der Waals surface area (Å²) in [4.78, 5) is 50.0. The molecule has 0 bridgehead atoms. The molecule has 0 saturated carbocycles. The summed E-state index contributed by atoms with van der Waals surface area (Å²) in [5, 5.41) is 6.36. The first-order valence-electron chi connectivity index (χ1n) is 11.5. The molecule has 35 heavy (non-hydrogen) atoms. The van der Waals surface area contributed by atoms with Gasteiger partial charge in [0.25, 0.3) is 5.91 Å². The van der Waals surface area contributed by atoms with Crippen molar-refractivity contribution in [2.24, 2.45) is 0 Å². The summed E-state index contributed by atoms with van der Waals surface area (Å²) in [7, 11) is 0. The fourth-order valence-electron chi connectivity index (χ4n) is 5.17. The first-order valence-corrected chi connectivity index (χ1v) is 12.4. The number of anilines is 2. The zero-order valence-electron chi connectivity index (χ0n) is 19.1. The van der Waals surface area contributed by atoms with Crippen LogP contribution in [-0.4, -0.2) is 44.8 Å². The minimum absolute atomic E-state index is 0.00510. The summed E-state index contributed by atoms with van der Waals surface area (Å²) in [6.07, 6.45) is 2.93. The number of aromatic amines is 1. The quantitative estimate of drug-likeness (QED) is 0.431. The molecule has 1 atom stereocenters. The molecule has 0 aliphatic carbocycles. The van der Waals surface area contributed by atoms with Crippen LogP contribution in [0.25, 0.3) is 22.2 Å². The predicted molar refractivity (Wildman–Crippen MR) is 135 cm³/mol. The molecule has 6 rings (SSSR count). The standard InChI is InChI=1S/C26H23N5O3S/c1-26-12-10-23(33)31(26)21-9-5-3-7-17(21)24(34)30(26)13-11-22(32)29-25-28-20(15-35-25)18-14-27-19-8-4-2-6-16(18)19/h2-9,14-15,27H,10-13H2,1H3,(H,28,29,32). The zero-order chi connectivity index (χ0) is 24.2. The molecule has 4 aromatic rings. The van der Waals surface area contributed by atoms with Crippen LogP contribution in [0.2, 0.25) is 0 Å². The SMILES string of the molecule is CC12CCC(=O)N1c1ccccc1C(=O)N2CCC(=O)Nc1nc(-c2c[nH]c3ccccc23)cs1. The highest BCUT2D eigenvalue weighted by atomic mass is 32.1. The van der Waals surface area contributed by atoms with Crippen LogP contribution in [0.1, 0.15) is 36.5 Å². The van der Waals surface area contributed by atoms with Gasteiger partial charge in [-0.2, -0.15) is 0 Å². The average molecular weight is 486 g/mol. The highest BCUT2D eigenvalue weighted by Gasteiger charge is 2.52. The normalized spacial score (nSPS) is 19.2. The van der Waals surface area contributed by atoms with Crippen LogP contribution in [0, 0.1) is 0 Å². The highest BCUT2D eigenvalue weighted by molar-refractivity contribution is 7.14. The molecular weight excluding hydrogens is 462 g/mol. The number of hydrogen-bond acceptors (Lipinski definition) is 5. The van der Waals surface area contributed by atoms with Gasteiger partial charge in [0.1, 0.15) is 5.66 Å². The number of nitrogens with zero attached hydrogens (tertiary/aromatic N) is 3. The Morgan fingerprint density at radius 2 is 1.94 bits per heavy atom. The summed E-state index contributed by atoms with van der Waals surface area (Å²) >= 11 is 1.36. The van der Waals surface area contributed by atoms with Crippen molar-refractivity contribution in [2.45, 2.75) is 31.8 Å². The van der Waals surface area contributed by atoms with Gasteiger partial charge >= 0.3 is 0 Å². The molecular formula is C26H23N5O3S. The number of para-hydroxylation sites is 2. The largest absolute Gasteiger partial charge is 0.360 e. The number of benzene rings is 2. The van der Waals surface area contributed by atoms with Crippen LogP contribution in [0.5, 0.6) is 0 Å². The highest BCUT2D eigenvalue weighted by Crippen LogP contribution is 2.44. The third kappa shape index (κ3) is 3.42. The molecule has 2 aliphatic heterocycles. The van der Waals surface area contributed by atoms with E-state index in [4.69, 9.17) is 0 Å². The van der Waals surface area contributed by atoms with E-state index in [2.05, 4.69) is 15.3 Å². The lowest BCUT2D eigenvalue weighted by Crippen LogP contribution is -2.62. The summed E-state index contributed by atoms with van der Waals surface area (Å²) < 4.78 is 0. The molecule has 1 saturated heterocycles. The third-order valence-electron chi connectivity index (χ3n) is 6.92. The van der Waals surface area contributed by atoms with Crippen LogP contribution in [-0.2, 0) is 9.59 Å². The molecule has 2 N–H and O–H groups in total. The number of carbonyl (C=O) groups excluding carboxylic acids is 3. The van der Waals surface area contributed by atoms with Crippen LogP contribution >= 0.6 is 11.3 Å². The van der Waals surface area contributed by atoms with Gasteiger partial charge in [-0.3, -0.25) is 19.3 Å². The lowest BCUT2D eigenvalue weighted by molar-refractivity contribution is -0.117. The molecule has 1 fully saturated rings. The monoisotopic (exact) mass is 485 g/mol. The van der Waals surface area contributed by atoms with Crippen molar-refractivity contribution in [2.75, 3.05) is 16.8 Å². The van der Waals surface area contributed by atoms with E-state index in [1.54, 1.807) is 21.9 Å². The van der Waals surface area contributed by atoms with E-state index in [1.165, 1.54) is 11.3 Å². The van der Waals surface area contributed by atoms with E-state index in [0.717, 1.165) is 22.2 Å². The molecule has 0 radical (unpaired) electrons. The van der Waals surface area contributed by atoms with Gasteiger partial charge in [-0.15, -0.1) is 11.3 Å². The van der Waals surface area contributed by atoms with Crippen molar-refractivity contribution in [3.8, 4) is 11.3 Å². The first-order chi connectivity index (χ1) is 17.0. The van der Waals surface area contributed by atoms with E-state index in [1.807, 2.05) is 54.9 Å². The lowest BCUT2D eigenvalue weighted by atomic mass is 9.98. The molecule has 3 amide bonds. The number of carbonyl (C=O) groups is 3. The fourth-order valence-corrected chi connectivity index (χ4v) is 5.90. The molecule has 1 unspecified atom stereocenters. The zero-order valence-corrected chi connectivity index (χ0v) is 19.9. The fraction of sp³-hybridized carbons (Fsp3) is 0.231. The third-order valence-corrected chi connectivity index (χ3v) is 7.68. The second-order valence-electron chi connectivity index (χ2n) is 9.00. The Bertz CT molecular complexity index is 1490. The number of hydrogen-bond donors (Lipinski definition) is 2. The van der Waals surface area contributed by atoms with E-state index in [9.17, 15) is 14.4 Å². The van der Waals surface area contributed by atoms with Crippen molar-refractivity contribution in [1.82, 2.24) is 14.9 Å². The second kappa shape index (κ2) is 8.06. The number of fused-ring (bicyclic) bond motifs is 4. The number of aromatic nitrogens is 2. The van der Waals surface area contributed by atoms with Crippen molar-refractivity contribution < 1.29 is 14.4 Å². The smallest absolute Gasteiger partial charge is 0.257 e. The maximum absolute atomic E-state index is 13.3. The molecule has 2 aromatic carbocycles. The van der Waals surface area contributed by atoms with Gasteiger partial charge in [-0.25, -0.2) is 4.98 Å². The van der Waals surface area contributed by atoms with Gasteiger partial charge in [0.05, 0.1) is 16.9 Å². The summed E-state index contributed by atoms with van der Waals surface area (Å²) in [5.74, 6) is -0.386. The average Bonchev–Trinajstić information content (AvgIpc) is 3.56. The van der Waals surface area contributed by atoms with Crippen molar-refractivity contribution in [3.63, 3.8) is 0 Å². The van der Waals surface area contributed by atoms with E-state index in [-0.39, 0.29) is 30.7 Å². The van der Waals surface area contributed by atoms with E-state index < -0.39 is 5.66 Å². The van der Waals surface area contributed by atoms with Crippen molar-refractivity contribution in [1.29, 1.82) is 0 Å². The van der Waals surface area contributed by atoms with Gasteiger partial charge in [0.15, 0.2) is 5.13 Å². The van der Waals surface area contributed by atoms with Gasteiger partial charge in [0, 0.05) is 47.4 Å². The van der Waals surface area contributed by atoms with Gasteiger partial charge < -0.3 is 15.2 Å². The Morgan fingerprint density at radius 3 is 2.83 bits per heavy atom. The minimum atomic E-state index is -0.771. The number of H-pyrrole nitrogens is 1. The summed E-state index contributed by atoms with van der Waals surface area (Å²) in [5.41, 5.74) is 3.17. The molecule has 0 spiro atoms. The molecule has 4 heterocycles. The van der Waals surface area contributed by atoms with Gasteiger partial charge in [0.2, 0.25) is 11.8 Å². The van der Waals surface area contributed by atoms with Crippen molar-refractivity contribution in [3.05, 3.63) is 65.7 Å². The molecule has 8 nitrogen and oxygen atoms in total. The Hall–Kier alpha value is -3.98. The molecule has 2 aromatic heterocycles. The molecule has 9 heteroatoms. The van der Waals surface area contributed by atoms with Crippen LogP contribution in [0.4, 0.5) is 10.8 Å². The predicted octanol–water partition coefficient (Wildman–Crippen LogP) is 4.62. The molecule has 2 aliphatic rings. The maximum atomic E-state index is 13.3. The van der Waals surface area contributed by atoms with Gasteiger partial charge in [-0.1, -0.05) is 30.3 Å². The first kappa shape index (κ1) is 21.5. The van der Waals surface area contributed by atoms with E-state index >= 15 is 0 Å². The summed E-state index contributed by atoms with van der Waals surface area (Å²) in [6, 6.07) is 15.2. The Labute approximate surface area is 205 Å². The lowest BCUT2D eigenvalue weighted by Gasteiger charge is -2.48. The number of amides is 3. The van der Waals surface area contributed by atoms with Crippen LogP contribution < -0.4 is 10.2 Å². The van der Waals surface area contributed by atoms with Crippen LogP contribution in [0.15, 0.2) is 60.1 Å². The van der Waals surface area contributed by atoms with Crippen LogP contribution in [0.3, 0.4) is 0 Å². The number of rotatable bonds is 5. The van der Waals surface area contributed by atoms with Crippen molar-refractivity contribution >= 4 is 50.8 Å². The van der Waals surface area contributed by atoms with Gasteiger partial charge in [-0.05, 0) is 31.5 Å². The Morgan fingerprint density at radius 1 is 1.14 bits per heavy atom.